The summed E-state index contributed by atoms with van der Waals surface area (Å²) in [5, 5.41) is 2.84. The average Bonchev–Trinajstić information content (AvgIpc) is 2.59. The first-order valence-electron chi connectivity index (χ1n) is 9.07. The van der Waals surface area contributed by atoms with Gasteiger partial charge in [-0.25, -0.2) is 0 Å². The molecule has 0 fully saturated rings. The van der Waals surface area contributed by atoms with Gasteiger partial charge in [0, 0.05) is 38.8 Å². The molecule has 0 atom stereocenters. The largest absolute Gasteiger partial charge is 0.353 e. The van der Waals surface area contributed by atoms with Crippen LogP contribution in [0.2, 0.25) is 0 Å². The van der Waals surface area contributed by atoms with E-state index in [0.29, 0.717) is 13.1 Å². The van der Waals surface area contributed by atoms with Gasteiger partial charge in [-0.3, -0.25) is 14.5 Å². The van der Waals surface area contributed by atoms with Crippen LogP contribution < -0.4 is 10.2 Å². The molecule has 134 valence electrons. The van der Waals surface area contributed by atoms with Gasteiger partial charge in [-0.1, -0.05) is 23.8 Å². The summed E-state index contributed by atoms with van der Waals surface area (Å²) < 4.78 is 0. The minimum Gasteiger partial charge on any atom is -0.353 e. The molecule has 0 saturated heterocycles. The monoisotopic (exact) mass is 341 g/mol. The van der Waals surface area contributed by atoms with Crippen LogP contribution >= 0.6 is 0 Å². The highest BCUT2D eigenvalue weighted by Gasteiger charge is 2.25. The summed E-state index contributed by atoms with van der Waals surface area (Å²) in [4.78, 5) is 28.1. The van der Waals surface area contributed by atoms with Crippen LogP contribution in [0.25, 0.3) is 0 Å². The number of nitrogens with one attached hydrogen (secondary N) is 1. The summed E-state index contributed by atoms with van der Waals surface area (Å²) in [5.41, 5.74) is 4.79. The molecule has 3 rings (SSSR count). The van der Waals surface area contributed by atoms with Crippen molar-refractivity contribution in [2.24, 2.45) is 0 Å². The Kier molecular flexibility index (Phi) is 5.53. The lowest BCUT2D eigenvalue weighted by Crippen LogP contribution is -2.45. The molecule has 0 radical (unpaired) electrons. The van der Waals surface area contributed by atoms with Crippen molar-refractivity contribution < 1.29 is 9.59 Å². The van der Waals surface area contributed by atoms with Crippen molar-refractivity contribution >= 4 is 17.5 Å². The molecular formula is C20H27N3O2. The minimum absolute atomic E-state index is 0.0192. The number of carbonyl (C=O) groups is 2. The maximum Gasteiger partial charge on any atom is 0.241 e. The second-order valence-electron chi connectivity index (χ2n) is 7.05. The lowest BCUT2D eigenvalue weighted by atomic mass is 9.99. The average molecular weight is 341 g/mol. The zero-order valence-corrected chi connectivity index (χ0v) is 15.2. The van der Waals surface area contributed by atoms with E-state index in [4.69, 9.17) is 0 Å². The minimum atomic E-state index is -0.0192. The molecule has 1 aromatic rings. The molecule has 1 aromatic carbocycles. The van der Waals surface area contributed by atoms with Crippen molar-refractivity contribution in [2.75, 3.05) is 37.6 Å². The van der Waals surface area contributed by atoms with Crippen LogP contribution in [0, 0.1) is 6.92 Å². The predicted molar refractivity (Wildman–Crippen MR) is 99.7 cm³/mol. The van der Waals surface area contributed by atoms with Crippen LogP contribution in [-0.2, 0) is 16.0 Å². The van der Waals surface area contributed by atoms with Gasteiger partial charge in [0.25, 0.3) is 0 Å². The van der Waals surface area contributed by atoms with Crippen molar-refractivity contribution in [3.8, 4) is 0 Å². The van der Waals surface area contributed by atoms with Crippen molar-refractivity contribution in [1.29, 1.82) is 0 Å². The van der Waals surface area contributed by atoms with Crippen molar-refractivity contribution in [3.63, 3.8) is 0 Å². The SMILES string of the molecule is CC(=O)NCC1=CCCN(CC(=O)N2CCCc3cc(C)ccc32)C1. The number of anilines is 1. The van der Waals surface area contributed by atoms with Gasteiger partial charge in [-0.05, 0) is 43.4 Å². The molecule has 25 heavy (non-hydrogen) atoms. The summed E-state index contributed by atoms with van der Waals surface area (Å²) in [7, 11) is 0. The van der Waals surface area contributed by atoms with Gasteiger partial charge >= 0.3 is 0 Å². The van der Waals surface area contributed by atoms with E-state index in [0.717, 1.165) is 44.6 Å². The molecule has 0 bridgehead atoms. The molecule has 0 aromatic heterocycles. The molecular weight excluding hydrogens is 314 g/mol. The highest BCUT2D eigenvalue weighted by Crippen LogP contribution is 2.28. The smallest absolute Gasteiger partial charge is 0.241 e. The van der Waals surface area contributed by atoms with E-state index in [-0.39, 0.29) is 11.8 Å². The van der Waals surface area contributed by atoms with Crippen LogP contribution in [0.15, 0.2) is 29.8 Å². The Hall–Kier alpha value is -2.14. The highest BCUT2D eigenvalue weighted by molar-refractivity contribution is 5.96. The Morgan fingerprint density at radius 3 is 2.88 bits per heavy atom. The first-order valence-corrected chi connectivity index (χ1v) is 9.07. The first-order chi connectivity index (χ1) is 12.0. The number of benzene rings is 1. The molecule has 1 N–H and O–H groups in total. The molecule has 5 heteroatoms. The third-order valence-electron chi connectivity index (χ3n) is 4.88. The topological polar surface area (TPSA) is 52.7 Å². The van der Waals surface area contributed by atoms with Gasteiger partial charge in [-0.2, -0.15) is 0 Å². The van der Waals surface area contributed by atoms with E-state index in [1.165, 1.54) is 23.6 Å². The van der Waals surface area contributed by atoms with Gasteiger partial charge in [0.1, 0.15) is 0 Å². The van der Waals surface area contributed by atoms with Crippen molar-refractivity contribution in [3.05, 3.63) is 41.0 Å². The van der Waals surface area contributed by atoms with Crippen LogP contribution in [0.5, 0.6) is 0 Å². The van der Waals surface area contributed by atoms with Gasteiger partial charge in [0.2, 0.25) is 11.8 Å². The fourth-order valence-electron chi connectivity index (χ4n) is 3.64. The molecule has 0 unspecified atom stereocenters. The maximum atomic E-state index is 12.9. The van der Waals surface area contributed by atoms with Crippen LogP contribution in [0.1, 0.15) is 30.9 Å². The van der Waals surface area contributed by atoms with Gasteiger partial charge < -0.3 is 10.2 Å². The molecule has 0 saturated carbocycles. The number of hydrogen-bond donors (Lipinski definition) is 1. The standard InChI is InChI=1S/C20H27N3O2/c1-15-7-8-19-18(11-15)6-4-10-23(19)20(25)14-22-9-3-5-17(13-22)12-21-16(2)24/h5,7-8,11H,3-4,6,9-10,12-14H2,1-2H3,(H,21,24). The summed E-state index contributed by atoms with van der Waals surface area (Å²) in [6.45, 7) is 7.08. The summed E-state index contributed by atoms with van der Waals surface area (Å²) in [5.74, 6) is 0.153. The van der Waals surface area contributed by atoms with E-state index in [1.807, 2.05) is 4.90 Å². The lowest BCUT2D eigenvalue weighted by molar-refractivity contribution is -0.120. The van der Waals surface area contributed by atoms with Crippen LogP contribution in [0.3, 0.4) is 0 Å². The lowest BCUT2D eigenvalue weighted by Gasteiger charge is -2.33. The van der Waals surface area contributed by atoms with E-state index >= 15 is 0 Å². The molecule has 2 amide bonds. The third-order valence-corrected chi connectivity index (χ3v) is 4.88. The van der Waals surface area contributed by atoms with E-state index in [1.54, 1.807) is 0 Å². The fraction of sp³-hybridized carbons (Fsp3) is 0.500. The number of amides is 2. The molecule has 2 aliphatic rings. The van der Waals surface area contributed by atoms with Gasteiger partial charge in [0.15, 0.2) is 0 Å². The zero-order chi connectivity index (χ0) is 17.8. The predicted octanol–water partition coefficient (Wildman–Crippen LogP) is 2.04. The quantitative estimate of drug-likeness (QED) is 0.853. The second-order valence-corrected chi connectivity index (χ2v) is 7.05. The summed E-state index contributed by atoms with van der Waals surface area (Å²) in [6, 6.07) is 6.36. The number of nitrogens with zero attached hydrogens (tertiary/aromatic N) is 2. The fourth-order valence-corrected chi connectivity index (χ4v) is 3.64. The second kappa shape index (κ2) is 7.83. The Morgan fingerprint density at radius 2 is 2.08 bits per heavy atom. The van der Waals surface area contributed by atoms with Gasteiger partial charge in [0.05, 0.1) is 6.54 Å². The molecule has 2 aliphatic heterocycles. The molecule has 5 nitrogen and oxygen atoms in total. The molecule has 0 spiro atoms. The summed E-state index contributed by atoms with van der Waals surface area (Å²) in [6.07, 6.45) is 5.18. The number of carbonyl (C=O) groups excluding carboxylic acids is 2. The van der Waals surface area contributed by atoms with Crippen molar-refractivity contribution in [2.45, 2.75) is 33.1 Å². The number of aryl methyl sites for hydroxylation is 2. The van der Waals surface area contributed by atoms with Crippen LogP contribution in [0.4, 0.5) is 5.69 Å². The maximum absolute atomic E-state index is 12.9. The summed E-state index contributed by atoms with van der Waals surface area (Å²) >= 11 is 0. The zero-order valence-electron chi connectivity index (χ0n) is 15.2. The number of hydrogen-bond acceptors (Lipinski definition) is 3. The highest BCUT2D eigenvalue weighted by atomic mass is 16.2. The Morgan fingerprint density at radius 1 is 1.24 bits per heavy atom. The van der Waals surface area contributed by atoms with E-state index in [9.17, 15) is 9.59 Å². The molecule has 2 heterocycles. The Bertz CT molecular complexity index is 696. The molecule has 0 aliphatic carbocycles. The normalized spacial score (nSPS) is 17.7. The van der Waals surface area contributed by atoms with Crippen LogP contribution in [-0.4, -0.2) is 49.4 Å². The third kappa shape index (κ3) is 4.48. The first kappa shape index (κ1) is 17.7. The van der Waals surface area contributed by atoms with E-state index < -0.39 is 0 Å². The number of fused-ring (bicyclic) bond motifs is 1. The van der Waals surface area contributed by atoms with Crippen molar-refractivity contribution in [1.82, 2.24) is 10.2 Å². The Balaban J connectivity index is 1.62. The number of rotatable bonds is 4. The van der Waals surface area contributed by atoms with Gasteiger partial charge in [-0.15, -0.1) is 0 Å². The van der Waals surface area contributed by atoms with E-state index in [2.05, 4.69) is 41.4 Å². The Labute approximate surface area is 149 Å².